The maximum absolute atomic E-state index is 12.9. The van der Waals surface area contributed by atoms with Crippen molar-refractivity contribution >= 4 is 27.7 Å². The minimum absolute atomic E-state index is 0.154. The van der Waals surface area contributed by atoms with E-state index < -0.39 is 10.0 Å². The number of amides is 2. The Kier molecular flexibility index (Phi) is 6.84. The number of piperazine rings is 1. The van der Waals surface area contributed by atoms with Crippen molar-refractivity contribution in [3.63, 3.8) is 0 Å². The number of ether oxygens (including phenoxy) is 1. The van der Waals surface area contributed by atoms with Gasteiger partial charge in [-0.3, -0.25) is 9.10 Å². The molecule has 2 aromatic carbocycles. The van der Waals surface area contributed by atoms with Crippen LogP contribution >= 0.6 is 0 Å². The lowest BCUT2D eigenvalue weighted by Crippen LogP contribution is -2.50. The second-order valence-corrected chi connectivity index (χ2v) is 9.28. The summed E-state index contributed by atoms with van der Waals surface area (Å²) in [6.45, 7) is 5.64. The summed E-state index contributed by atoms with van der Waals surface area (Å²) < 4.78 is 31.9. The van der Waals surface area contributed by atoms with E-state index in [1.54, 1.807) is 65.3 Å². The fourth-order valence-corrected chi connectivity index (χ4v) is 4.51. The molecule has 0 N–H and O–H groups in total. The molecule has 0 radical (unpaired) electrons. The number of carbonyl (C=O) groups is 2. The van der Waals surface area contributed by atoms with E-state index >= 15 is 0 Å². The van der Waals surface area contributed by atoms with E-state index in [9.17, 15) is 18.0 Å². The molecule has 0 aromatic heterocycles. The van der Waals surface area contributed by atoms with Gasteiger partial charge in [0.15, 0.2) is 0 Å². The Hall–Kier alpha value is -3.07. The fourth-order valence-electron chi connectivity index (χ4n) is 3.31. The molecule has 0 aliphatic carbocycles. The highest BCUT2D eigenvalue weighted by Crippen LogP contribution is 2.23. The number of hydrogen-bond donors (Lipinski definition) is 0. The van der Waals surface area contributed by atoms with Crippen LogP contribution in [0.5, 0.6) is 0 Å². The summed E-state index contributed by atoms with van der Waals surface area (Å²) in [7, 11) is -2.21. The third-order valence-electron chi connectivity index (χ3n) is 5.25. The van der Waals surface area contributed by atoms with Crippen LogP contribution in [0, 0.1) is 6.92 Å². The van der Waals surface area contributed by atoms with Crippen molar-refractivity contribution in [2.24, 2.45) is 0 Å². The van der Waals surface area contributed by atoms with Crippen LogP contribution < -0.4 is 4.31 Å². The van der Waals surface area contributed by atoms with E-state index in [0.717, 1.165) is 5.56 Å². The van der Waals surface area contributed by atoms with E-state index in [2.05, 4.69) is 0 Å². The van der Waals surface area contributed by atoms with Crippen LogP contribution in [0.25, 0.3) is 0 Å². The third-order valence-corrected chi connectivity index (χ3v) is 7.05. The molecule has 1 saturated heterocycles. The van der Waals surface area contributed by atoms with Crippen LogP contribution in [0.2, 0.25) is 0 Å². The van der Waals surface area contributed by atoms with E-state index in [1.165, 1.54) is 11.4 Å². The monoisotopic (exact) mass is 445 g/mol. The molecule has 1 heterocycles. The van der Waals surface area contributed by atoms with Gasteiger partial charge >= 0.3 is 6.09 Å². The van der Waals surface area contributed by atoms with E-state index in [0.29, 0.717) is 44.0 Å². The first kappa shape index (κ1) is 22.6. The molecular weight excluding hydrogens is 418 g/mol. The van der Waals surface area contributed by atoms with Gasteiger partial charge in [-0.1, -0.05) is 17.7 Å². The Morgan fingerprint density at radius 3 is 2.03 bits per heavy atom. The summed E-state index contributed by atoms with van der Waals surface area (Å²) in [6.07, 6.45) is -0.364. The lowest BCUT2D eigenvalue weighted by Gasteiger charge is -2.34. The molecule has 0 spiro atoms. The van der Waals surface area contributed by atoms with Crippen molar-refractivity contribution < 1.29 is 22.7 Å². The second kappa shape index (κ2) is 9.38. The Morgan fingerprint density at radius 2 is 1.48 bits per heavy atom. The number of benzene rings is 2. The number of carbonyl (C=O) groups excluding carboxylic acids is 2. The lowest BCUT2D eigenvalue weighted by molar-refractivity contribution is 0.0570. The second-order valence-electron chi connectivity index (χ2n) is 7.31. The molecular formula is C22H27N3O5S. The lowest BCUT2D eigenvalue weighted by atomic mass is 10.1. The van der Waals surface area contributed by atoms with Gasteiger partial charge in [0, 0.05) is 38.8 Å². The van der Waals surface area contributed by atoms with E-state index in [4.69, 9.17) is 4.74 Å². The topological polar surface area (TPSA) is 87.2 Å². The molecule has 1 fully saturated rings. The smallest absolute Gasteiger partial charge is 0.409 e. The molecule has 1 aliphatic heterocycles. The van der Waals surface area contributed by atoms with Crippen LogP contribution in [-0.2, 0) is 14.8 Å². The highest BCUT2D eigenvalue weighted by molar-refractivity contribution is 7.92. The summed E-state index contributed by atoms with van der Waals surface area (Å²) in [5, 5.41) is 0. The summed E-state index contributed by atoms with van der Waals surface area (Å²) in [5.74, 6) is -0.154. The van der Waals surface area contributed by atoms with Crippen molar-refractivity contribution in [2.45, 2.75) is 18.7 Å². The maximum atomic E-state index is 12.9. The average Bonchev–Trinajstić information content (AvgIpc) is 2.79. The third kappa shape index (κ3) is 4.99. The number of aryl methyl sites for hydroxylation is 1. The predicted octanol–water partition coefficient (Wildman–Crippen LogP) is 2.73. The molecule has 0 unspecified atom stereocenters. The summed E-state index contributed by atoms with van der Waals surface area (Å²) in [6, 6.07) is 13.1. The average molecular weight is 446 g/mol. The molecule has 0 bridgehead atoms. The van der Waals surface area contributed by atoms with Crippen molar-refractivity contribution in [3.8, 4) is 0 Å². The molecule has 3 rings (SSSR count). The van der Waals surface area contributed by atoms with Gasteiger partial charge in [0.1, 0.15) is 0 Å². The van der Waals surface area contributed by atoms with E-state index in [-0.39, 0.29) is 16.9 Å². The summed E-state index contributed by atoms with van der Waals surface area (Å²) >= 11 is 0. The molecule has 1 aliphatic rings. The summed E-state index contributed by atoms with van der Waals surface area (Å²) in [4.78, 5) is 28.1. The zero-order valence-corrected chi connectivity index (χ0v) is 18.8. The van der Waals surface area contributed by atoms with E-state index in [1.807, 2.05) is 6.92 Å². The largest absolute Gasteiger partial charge is 0.450 e. The highest BCUT2D eigenvalue weighted by atomic mass is 32.2. The molecule has 2 aromatic rings. The zero-order valence-electron chi connectivity index (χ0n) is 17.9. The van der Waals surface area contributed by atoms with Gasteiger partial charge in [0.05, 0.1) is 17.2 Å². The Labute approximate surface area is 183 Å². The van der Waals surface area contributed by atoms with Crippen molar-refractivity contribution in [2.75, 3.05) is 44.1 Å². The van der Waals surface area contributed by atoms with Gasteiger partial charge in [-0.05, 0) is 50.2 Å². The number of rotatable bonds is 5. The van der Waals surface area contributed by atoms with Crippen LogP contribution in [0.15, 0.2) is 53.4 Å². The first-order valence-electron chi connectivity index (χ1n) is 10.1. The van der Waals surface area contributed by atoms with Gasteiger partial charge < -0.3 is 14.5 Å². The Balaban J connectivity index is 1.66. The Morgan fingerprint density at radius 1 is 0.935 bits per heavy atom. The van der Waals surface area contributed by atoms with Crippen molar-refractivity contribution in [1.29, 1.82) is 0 Å². The quantitative estimate of drug-likeness (QED) is 0.706. The van der Waals surface area contributed by atoms with Gasteiger partial charge in [0.2, 0.25) is 0 Å². The molecule has 2 amide bonds. The van der Waals surface area contributed by atoms with Gasteiger partial charge in [-0.15, -0.1) is 0 Å². The normalized spacial score (nSPS) is 14.3. The molecule has 166 valence electrons. The van der Waals surface area contributed by atoms with Crippen LogP contribution in [0.4, 0.5) is 10.5 Å². The summed E-state index contributed by atoms with van der Waals surface area (Å²) in [5.41, 5.74) is 1.91. The van der Waals surface area contributed by atoms with Crippen molar-refractivity contribution in [1.82, 2.24) is 9.80 Å². The van der Waals surface area contributed by atoms with Gasteiger partial charge in [-0.25, -0.2) is 13.2 Å². The maximum Gasteiger partial charge on any atom is 0.409 e. The molecule has 9 heteroatoms. The van der Waals surface area contributed by atoms with Gasteiger partial charge in [-0.2, -0.15) is 0 Å². The standard InChI is InChI=1S/C22H27N3O5S/c1-4-30-22(27)25-15-13-24(14-16-25)21(26)18-7-9-19(10-8-18)23(3)31(28,29)20-11-5-17(2)6-12-20/h5-12H,4,13-16H2,1-3H3. The predicted molar refractivity (Wildman–Crippen MR) is 118 cm³/mol. The molecule has 8 nitrogen and oxygen atoms in total. The zero-order chi connectivity index (χ0) is 22.6. The fraction of sp³-hybridized carbons (Fsp3) is 0.364. The number of nitrogens with zero attached hydrogens (tertiary/aromatic N) is 3. The number of sulfonamides is 1. The van der Waals surface area contributed by atoms with Crippen molar-refractivity contribution in [3.05, 3.63) is 59.7 Å². The van der Waals surface area contributed by atoms with Crippen LogP contribution in [-0.4, -0.2) is 70.1 Å². The first-order chi connectivity index (χ1) is 14.7. The first-order valence-corrected chi connectivity index (χ1v) is 11.5. The Bertz CT molecular complexity index is 1030. The molecule has 31 heavy (non-hydrogen) atoms. The minimum atomic E-state index is -3.69. The van der Waals surface area contributed by atoms with Gasteiger partial charge in [0.25, 0.3) is 15.9 Å². The molecule has 0 atom stereocenters. The molecule has 0 saturated carbocycles. The SMILES string of the molecule is CCOC(=O)N1CCN(C(=O)c2ccc(N(C)S(=O)(=O)c3ccc(C)cc3)cc2)CC1. The highest BCUT2D eigenvalue weighted by Gasteiger charge is 2.26. The number of anilines is 1. The minimum Gasteiger partial charge on any atom is -0.450 e. The van der Waals surface area contributed by atoms with Crippen LogP contribution in [0.1, 0.15) is 22.8 Å². The van der Waals surface area contributed by atoms with Crippen LogP contribution in [0.3, 0.4) is 0 Å². The number of hydrogen-bond acceptors (Lipinski definition) is 5.